The number of piperidine rings is 1. The molecule has 3 N–H and O–H groups in total. The highest BCUT2D eigenvalue weighted by Gasteiger charge is 2.33. The number of ether oxygens (including phenoxy) is 2. The molecular formula is C20H24N4O4. The topological polar surface area (TPSA) is 111 Å². The summed E-state index contributed by atoms with van der Waals surface area (Å²) in [6, 6.07) is 7.35. The zero-order valence-corrected chi connectivity index (χ0v) is 15.9. The molecule has 0 bridgehead atoms. The van der Waals surface area contributed by atoms with Crippen LogP contribution in [-0.2, 0) is 17.6 Å². The van der Waals surface area contributed by atoms with E-state index < -0.39 is 0 Å². The molecule has 8 nitrogen and oxygen atoms in total. The zero-order valence-electron chi connectivity index (χ0n) is 15.9. The summed E-state index contributed by atoms with van der Waals surface area (Å²) in [6.45, 7) is 3.85. The zero-order chi connectivity index (χ0) is 19.7. The summed E-state index contributed by atoms with van der Waals surface area (Å²) in [7, 11) is 0. The van der Waals surface area contributed by atoms with E-state index in [2.05, 4.69) is 23.0 Å². The second-order valence-electron chi connectivity index (χ2n) is 7.89. The normalized spacial score (nSPS) is 21.0. The molecule has 28 heavy (non-hydrogen) atoms. The number of likely N-dealkylation sites (tertiary alicyclic amines) is 1. The highest BCUT2D eigenvalue weighted by molar-refractivity contribution is 5.78. The standard InChI is InChI=1S/C20H24N4O4/c1-20(10-13-3-4-15-16(7-13)28-12-27-15)5-2-6-24(11-20)18(26)9-14-8-17(25)23-19(21)22-14/h3-4,7-8H,2,5-6,9-12H2,1H3,(H3,21,22,23,25)/t20-/m1/s1. The first-order valence-corrected chi connectivity index (χ1v) is 9.42. The smallest absolute Gasteiger partial charge is 0.252 e. The highest BCUT2D eigenvalue weighted by atomic mass is 16.7. The minimum atomic E-state index is -0.346. The molecule has 1 aromatic heterocycles. The van der Waals surface area contributed by atoms with Crippen molar-refractivity contribution in [3.8, 4) is 11.5 Å². The number of nitrogen functional groups attached to an aromatic ring is 1. The predicted octanol–water partition coefficient (Wildman–Crippen LogP) is 1.49. The van der Waals surface area contributed by atoms with Crippen LogP contribution < -0.4 is 20.8 Å². The lowest BCUT2D eigenvalue weighted by molar-refractivity contribution is -0.133. The molecular weight excluding hydrogens is 360 g/mol. The molecule has 1 atom stereocenters. The van der Waals surface area contributed by atoms with Crippen LogP contribution in [0.15, 0.2) is 29.1 Å². The summed E-state index contributed by atoms with van der Waals surface area (Å²) >= 11 is 0. The van der Waals surface area contributed by atoms with E-state index in [0.29, 0.717) is 18.8 Å². The van der Waals surface area contributed by atoms with Crippen LogP contribution in [0.1, 0.15) is 31.0 Å². The molecule has 3 heterocycles. The number of rotatable bonds is 4. The van der Waals surface area contributed by atoms with Crippen molar-refractivity contribution in [1.29, 1.82) is 0 Å². The Morgan fingerprint density at radius 3 is 2.96 bits per heavy atom. The SMILES string of the molecule is C[C@]1(Cc2ccc3c(c2)OCO3)CCCN(C(=O)Cc2cc(=O)[nH]c(N)n2)C1. The fourth-order valence-corrected chi connectivity index (χ4v) is 4.10. The summed E-state index contributed by atoms with van der Waals surface area (Å²) in [6.07, 6.45) is 2.91. The first kappa shape index (κ1) is 18.3. The molecule has 2 aromatic rings. The van der Waals surface area contributed by atoms with Gasteiger partial charge in [0.15, 0.2) is 11.5 Å². The van der Waals surface area contributed by atoms with Gasteiger partial charge in [0.1, 0.15) is 0 Å². The van der Waals surface area contributed by atoms with E-state index in [0.717, 1.165) is 30.8 Å². The number of benzene rings is 1. The predicted molar refractivity (Wildman–Crippen MR) is 103 cm³/mol. The number of hydrogen-bond donors (Lipinski definition) is 2. The van der Waals surface area contributed by atoms with E-state index in [1.807, 2.05) is 17.0 Å². The molecule has 0 aliphatic carbocycles. The number of aromatic nitrogens is 2. The first-order valence-electron chi connectivity index (χ1n) is 9.42. The van der Waals surface area contributed by atoms with Gasteiger partial charge in [-0.05, 0) is 42.4 Å². The minimum Gasteiger partial charge on any atom is -0.454 e. The number of H-pyrrole nitrogens is 1. The minimum absolute atomic E-state index is 0.0256. The lowest BCUT2D eigenvalue weighted by Gasteiger charge is -2.41. The van der Waals surface area contributed by atoms with Gasteiger partial charge < -0.3 is 20.1 Å². The number of anilines is 1. The fourth-order valence-electron chi connectivity index (χ4n) is 4.10. The Morgan fingerprint density at radius 2 is 2.14 bits per heavy atom. The van der Waals surface area contributed by atoms with E-state index in [1.54, 1.807) is 0 Å². The fraction of sp³-hybridized carbons (Fsp3) is 0.450. The van der Waals surface area contributed by atoms with Gasteiger partial charge in [-0.3, -0.25) is 14.6 Å². The van der Waals surface area contributed by atoms with Gasteiger partial charge in [0, 0.05) is 19.2 Å². The number of amides is 1. The number of nitrogens with one attached hydrogen (secondary N) is 1. The maximum absolute atomic E-state index is 12.8. The van der Waals surface area contributed by atoms with Crippen LogP contribution in [0.2, 0.25) is 0 Å². The summed E-state index contributed by atoms with van der Waals surface area (Å²) in [5.74, 6) is 1.55. The summed E-state index contributed by atoms with van der Waals surface area (Å²) < 4.78 is 10.9. The largest absolute Gasteiger partial charge is 0.454 e. The molecule has 2 aliphatic rings. The Bertz CT molecular complexity index is 957. The molecule has 0 saturated carbocycles. The van der Waals surface area contributed by atoms with Gasteiger partial charge in [-0.2, -0.15) is 0 Å². The summed E-state index contributed by atoms with van der Waals surface area (Å²) in [4.78, 5) is 32.6. The van der Waals surface area contributed by atoms with Gasteiger partial charge in [0.2, 0.25) is 18.6 Å². The van der Waals surface area contributed by atoms with Gasteiger partial charge in [0.05, 0.1) is 12.1 Å². The molecule has 0 unspecified atom stereocenters. The van der Waals surface area contributed by atoms with Gasteiger partial charge in [0.25, 0.3) is 5.56 Å². The van der Waals surface area contributed by atoms with Crippen molar-refractivity contribution >= 4 is 11.9 Å². The molecule has 1 amide bonds. The second-order valence-corrected chi connectivity index (χ2v) is 7.89. The third kappa shape index (κ3) is 3.95. The van der Waals surface area contributed by atoms with Gasteiger partial charge in [-0.25, -0.2) is 4.98 Å². The second kappa shape index (κ2) is 7.18. The molecule has 1 aromatic carbocycles. The average Bonchev–Trinajstić information content (AvgIpc) is 3.08. The van der Waals surface area contributed by atoms with Crippen LogP contribution in [0.25, 0.3) is 0 Å². The Hall–Kier alpha value is -3.03. The van der Waals surface area contributed by atoms with Crippen LogP contribution in [0.3, 0.4) is 0 Å². The van der Waals surface area contributed by atoms with E-state index in [1.165, 1.54) is 11.6 Å². The molecule has 8 heteroatoms. The number of fused-ring (bicyclic) bond motifs is 1. The number of nitrogens with zero attached hydrogens (tertiary/aromatic N) is 2. The van der Waals surface area contributed by atoms with Crippen molar-refractivity contribution in [1.82, 2.24) is 14.9 Å². The average molecular weight is 384 g/mol. The van der Waals surface area contributed by atoms with Crippen LogP contribution in [0, 0.1) is 5.41 Å². The summed E-state index contributed by atoms with van der Waals surface area (Å²) in [5, 5.41) is 0. The first-order chi connectivity index (χ1) is 13.4. The van der Waals surface area contributed by atoms with Crippen molar-refractivity contribution in [2.45, 2.75) is 32.6 Å². The Kier molecular flexibility index (Phi) is 4.70. The van der Waals surface area contributed by atoms with Crippen LogP contribution in [0.4, 0.5) is 5.95 Å². The molecule has 4 rings (SSSR count). The molecule has 0 spiro atoms. The van der Waals surface area contributed by atoms with Crippen molar-refractivity contribution in [2.75, 3.05) is 25.6 Å². The number of nitrogens with two attached hydrogens (primary N) is 1. The molecule has 2 aliphatic heterocycles. The number of carbonyl (C=O) groups excluding carboxylic acids is 1. The van der Waals surface area contributed by atoms with Gasteiger partial charge >= 0.3 is 0 Å². The van der Waals surface area contributed by atoms with Gasteiger partial charge in [-0.1, -0.05) is 13.0 Å². The lowest BCUT2D eigenvalue weighted by Crippen LogP contribution is -2.46. The molecule has 1 saturated heterocycles. The Morgan fingerprint density at radius 1 is 1.32 bits per heavy atom. The van der Waals surface area contributed by atoms with Crippen molar-refractivity contribution in [2.24, 2.45) is 5.41 Å². The van der Waals surface area contributed by atoms with Crippen molar-refractivity contribution in [3.63, 3.8) is 0 Å². The number of hydrogen-bond acceptors (Lipinski definition) is 6. The van der Waals surface area contributed by atoms with Crippen molar-refractivity contribution < 1.29 is 14.3 Å². The molecule has 148 valence electrons. The van der Waals surface area contributed by atoms with E-state index in [-0.39, 0.29) is 36.0 Å². The van der Waals surface area contributed by atoms with Crippen LogP contribution >= 0.6 is 0 Å². The Balaban J connectivity index is 1.44. The molecule has 1 fully saturated rings. The maximum Gasteiger partial charge on any atom is 0.252 e. The van der Waals surface area contributed by atoms with E-state index in [9.17, 15) is 9.59 Å². The third-order valence-corrected chi connectivity index (χ3v) is 5.35. The monoisotopic (exact) mass is 384 g/mol. The highest BCUT2D eigenvalue weighted by Crippen LogP contribution is 2.37. The number of aromatic amines is 1. The van der Waals surface area contributed by atoms with Gasteiger partial charge in [-0.15, -0.1) is 0 Å². The lowest BCUT2D eigenvalue weighted by atomic mass is 9.77. The van der Waals surface area contributed by atoms with Crippen LogP contribution in [0.5, 0.6) is 11.5 Å². The quantitative estimate of drug-likeness (QED) is 0.826. The number of carbonyl (C=O) groups is 1. The van der Waals surface area contributed by atoms with Crippen molar-refractivity contribution in [3.05, 3.63) is 45.9 Å². The van der Waals surface area contributed by atoms with Crippen LogP contribution in [-0.4, -0.2) is 40.7 Å². The molecule has 0 radical (unpaired) electrons. The third-order valence-electron chi connectivity index (χ3n) is 5.35. The van der Waals surface area contributed by atoms with E-state index >= 15 is 0 Å². The summed E-state index contributed by atoms with van der Waals surface area (Å²) in [5.41, 5.74) is 6.77. The maximum atomic E-state index is 12.8. The Labute approximate surface area is 162 Å². The van der Waals surface area contributed by atoms with E-state index in [4.69, 9.17) is 15.2 Å².